The minimum Gasteiger partial charge on any atom is -0.365 e. The molecule has 1 aromatic rings. The average molecular weight is 153 g/mol. The molecule has 0 spiro atoms. The molecular weight excluding hydrogens is 134 g/mol. The molecular formula is C10H19N. The summed E-state index contributed by atoms with van der Waals surface area (Å²) in [4.78, 5) is 3.20. The van der Waals surface area contributed by atoms with E-state index < -0.39 is 0 Å². The Morgan fingerprint density at radius 1 is 1.27 bits per heavy atom. The van der Waals surface area contributed by atoms with Gasteiger partial charge in [-0.25, -0.2) is 0 Å². The lowest BCUT2D eigenvalue weighted by Crippen LogP contribution is -1.88. The van der Waals surface area contributed by atoms with Crippen LogP contribution >= 0.6 is 0 Å². The first-order valence-electron chi connectivity index (χ1n) is 4.35. The zero-order valence-corrected chi connectivity index (χ0v) is 8.23. The highest BCUT2D eigenvalue weighted by Crippen LogP contribution is 2.15. The summed E-state index contributed by atoms with van der Waals surface area (Å²) < 4.78 is 0. The fourth-order valence-corrected chi connectivity index (χ4v) is 1.08. The van der Waals surface area contributed by atoms with Gasteiger partial charge in [-0.15, -0.1) is 0 Å². The first-order chi connectivity index (χ1) is 5.22. The fourth-order valence-electron chi connectivity index (χ4n) is 1.08. The summed E-state index contributed by atoms with van der Waals surface area (Å²) in [6, 6.07) is 2.11. The molecule has 1 nitrogen and oxygen atoms in total. The molecule has 0 unspecified atom stereocenters. The number of rotatable bonds is 1. The number of H-pyrrole nitrogens is 1. The molecule has 64 valence electrons. The Kier molecular flexibility index (Phi) is 4.67. The van der Waals surface area contributed by atoms with E-state index in [1.807, 2.05) is 20.0 Å². The van der Waals surface area contributed by atoms with E-state index in [0.717, 1.165) is 0 Å². The van der Waals surface area contributed by atoms with Gasteiger partial charge >= 0.3 is 0 Å². The van der Waals surface area contributed by atoms with Crippen LogP contribution in [0.3, 0.4) is 0 Å². The Labute approximate surface area is 69.8 Å². The topological polar surface area (TPSA) is 15.8 Å². The molecule has 0 aliphatic heterocycles. The van der Waals surface area contributed by atoms with Gasteiger partial charge in [-0.1, -0.05) is 27.7 Å². The van der Waals surface area contributed by atoms with E-state index >= 15 is 0 Å². The van der Waals surface area contributed by atoms with E-state index in [1.54, 1.807) is 0 Å². The number of nitrogens with one attached hydrogen (secondary N) is 1. The molecule has 1 heteroatoms. The second kappa shape index (κ2) is 5.00. The van der Waals surface area contributed by atoms with Crippen molar-refractivity contribution in [2.24, 2.45) is 0 Å². The lowest BCUT2D eigenvalue weighted by molar-refractivity contribution is 0.824. The summed E-state index contributed by atoms with van der Waals surface area (Å²) in [7, 11) is 0. The van der Waals surface area contributed by atoms with E-state index in [1.165, 1.54) is 11.3 Å². The summed E-state index contributed by atoms with van der Waals surface area (Å²) in [6.45, 7) is 10.5. The van der Waals surface area contributed by atoms with Crippen molar-refractivity contribution in [3.8, 4) is 0 Å². The quantitative estimate of drug-likeness (QED) is 0.636. The standard InChI is InChI=1S/C8H13N.C2H6/c1-6(2)8-7(3)4-5-9-8;1-2/h4-6,9H,1-3H3;1-2H3. The van der Waals surface area contributed by atoms with Crippen molar-refractivity contribution in [1.29, 1.82) is 0 Å². The van der Waals surface area contributed by atoms with Gasteiger partial charge in [0.1, 0.15) is 0 Å². The van der Waals surface area contributed by atoms with Crippen molar-refractivity contribution in [3.63, 3.8) is 0 Å². The van der Waals surface area contributed by atoms with E-state index in [4.69, 9.17) is 0 Å². The SMILES string of the molecule is CC.Cc1cc[nH]c1C(C)C. The van der Waals surface area contributed by atoms with E-state index in [0.29, 0.717) is 5.92 Å². The molecule has 0 atom stereocenters. The van der Waals surface area contributed by atoms with E-state index in [-0.39, 0.29) is 0 Å². The Balaban J connectivity index is 0.000000461. The highest BCUT2D eigenvalue weighted by atomic mass is 14.7. The molecule has 1 heterocycles. The molecule has 1 rings (SSSR count). The smallest absolute Gasteiger partial charge is 0.0202 e. The van der Waals surface area contributed by atoms with Gasteiger partial charge in [-0.05, 0) is 24.5 Å². The highest BCUT2D eigenvalue weighted by Gasteiger charge is 2.01. The molecule has 1 aromatic heterocycles. The Morgan fingerprint density at radius 3 is 2.00 bits per heavy atom. The van der Waals surface area contributed by atoms with Crippen LogP contribution in [-0.2, 0) is 0 Å². The van der Waals surface area contributed by atoms with Gasteiger partial charge < -0.3 is 4.98 Å². The van der Waals surface area contributed by atoms with Gasteiger partial charge in [-0.3, -0.25) is 0 Å². The Morgan fingerprint density at radius 2 is 1.82 bits per heavy atom. The molecule has 0 aliphatic rings. The largest absolute Gasteiger partial charge is 0.365 e. The van der Waals surface area contributed by atoms with Gasteiger partial charge in [-0.2, -0.15) is 0 Å². The summed E-state index contributed by atoms with van der Waals surface area (Å²) in [5.74, 6) is 0.625. The molecule has 0 amide bonds. The molecule has 1 N–H and O–H groups in total. The zero-order chi connectivity index (χ0) is 8.85. The summed E-state index contributed by atoms with van der Waals surface area (Å²) >= 11 is 0. The predicted molar refractivity (Wildman–Crippen MR) is 51.0 cm³/mol. The van der Waals surface area contributed by atoms with Crippen LogP contribution in [-0.4, -0.2) is 4.98 Å². The summed E-state index contributed by atoms with van der Waals surface area (Å²) in [6.07, 6.45) is 1.99. The van der Waals surface area contributed by atoms with Crippen LogP contribution in [0.2, 0.25) is 0 Å². The highest BCUT2D eigenvalue weighted by molar-refractivity contribution is 5.20. The molecule has 11 heavy (non-hydrogen) atoms. The third-order valence-corrected chi connectivity index (χ3v) is 1.57. The van der Waals surface area contributed by atoms with Crippen molar-refractivity contribution in [1.82, 2.24) is 4.98 Å². The van der Waals surface area contributed by atoms with Crippen molar-refractivity contribution in [3.05, 3.63) is 23.5 Å². The average Bonchev–Trinajstić information content (AvgIpc) is 2.39. The summed E-state index contributed by atoms with van der Waals surface area (Å²) in [5, 5.41) is 0. The third-order valence-electron chi connectivity index (χ3n) is 1.57. The first kappa shape index (κ1) is 10.3. The molecule has 0 aliphatic carbocycles. The molecule has 0 aromatic carbocycles. The number of hydrogen-bond donors (Lipinski definition) is 1. The number of hydrogen-bond acceptors (Lipinski definition) is 0. The van der Waals surface area contributed by atoms with Crippen molar-refractivity contribution in [2.75, 3.05) is 0 Å². The van der Waals surface area contributed by atoms with Crippen LogP contribution in [0.4, 0.5) is 0 Å². The second-order valence-electron chi connectivity index (χ2n) is 2.73. The maximum absolute atomic E-state index is 3.20. The van der Waals surface area contributed by atoms with Crippen LogP contribution in [0, 0.1) is 6.92 Å². The van der Waals surface area contributed by atoms with Gasteiger partial charge in [0.2, 0.25) is 0 Å². The number of aromatic amines is 1. The van der Waals surface area contributed by atoms with Crippen LogP contribution < -0.4 is 0 Å². The molecule has 0 fully saturated rings. The van der Waals surface area contributed by atoms with Gasteiger partial charge in [0.05, 0.1) is 0 Å². The molecule has 0 saturated carbocycles. The minimum absolute atomic E-state index is 0.625. The lowest BCUT2D eigenvalue weighted by atomic mass is 10.1. The Bertz CT molecular complexity index is 187. The molecule has 0 bridgehead atoms. The van der Waals surface area contributed by atoms with Gasteiger partial charge in [0.25, 0.3) is 0 Å². The third kappa shape index (κ3) is 2.79. The maximum Gasteiger partial charge on any atom is 0.0202 e. The van der Waals surface area contributed by atoms with Gasteiger partial charge in [0.15, 0.2) is 0 Å². The van der Waals surface area contributed by atoms with Crippen molar-refractivity contribution < 1.29 is 0 Å². The maximum atomic E-state index is 3.20. The normalized spacial score (nSPS) is 9.27. The zero-order valence-electron chi connectivity index (χ0n) is 8.23. The fraction of sp³-hybridized carbons (Fsp3) is 0.600. The Hall–Kier alpha value is -0.720. The number of aromatic nitrogens is 1. The van der Waals surface area contributed by atoms with E-state index in [2.05, 4.69) is 31.8 Å². The lowest BCUT2D eigenvalue weighted by Gasteiger charge is -2.01. The second-order valence-corrected chi connectivity index (χ2v) is 2.73. The predicted octanol–water partition coefficient (Wildman–Crippen LogP) is 3.47. The summed E-state index contributed by atoms with van der Waals surface area (Å²) in [5.41, 5.74) is 2.72. The van der Waals surface area contributed by atoms with Crippen LogP contribution in [0.25, 0.3) is 0 Å². The minimum atomic E-state index is 0.625. The van der Waals surface area contributed by atoms with Gasteiger partial charge in [0, 0.05) is 11.9 Å². The van der Waals surface area contributed by atoms with Crippen LogP contribution in [0.5, 0.6) is 0 Å². The van der Waals surface area contributed by atoms with Crippen molar-refractivity contribution in [2.45, 2.75) is 40.5 Å². The molecule has 0 saturated heterocycles. The van der Waals surface area contributed by atoms with Crippen LogP contribution in [0.1, 0.15) is 44.9 Å². The monoisotopic (exact) mass is 153 g/mol. The number of aryl methyl sites for hydroxylation is 1. The van der Waals surface area contributed by atoms with Crippen molar-refractivity contribution >= 4 is 0 Å². The molecule has 0 radical (unpaired) electrons. The van der Waals surface area contributed by atoms with Crippen LogP contribution in [0.15, 0.2) is 12.3 Å². The first-order valence-corrected chi connectivity index (χ1v) is 4.35. The van der Waals surface area contributed by atoms with E-state index in [9.17, 15) is 0 Å².